The standard InChI is InChI=1S/C14H22BrNO3/c1-4-19-14-12(15)8-11(9-13(14)18-3)10-16-6-5-7-17-2/h8-9,16H,4-7,10H2,1-3H3. The Morgan fingerprint density at radius 3 is 2.68 bits per heavy atom. The van der Waals surface area contributed by atoms with Crippen LogP contribution in [0, 0.1) is 0 Å². The maximum absolute atomic E-state index is 5.56. The van der Waals surface area contributed by atoms with Gasteiger partial charge in [-0.25, -0.2) is 0 Å². The van der Waals surface area contributed by atoms with E-state index in [1.165, 1.54) is 0 Å². The highest BCUT2D eigenvalue weighted by Crippen LogP contribution is 2.36. The molecule has 0 amide bonds. The van der Waals surface area contributed by atoms with E-state index in [1.807, 2.05) is 13.0 Å². The van der Waals surface area contributed by atoms with Gasteiger partial charge in [0.1, 0.15) is 0 Å². The van der Waals surface area contributed by atoms with Gasteiger partial charge >= 0.3 is 0 Å². The third kappa shape index (κ3) is 5.38. The predicted octanol–water partition coefficient (Wildman–Crippen LogP) is 2.98. The molecule has 5 heteroatoms. The van der Waals surface area contributed by atoms with Crippen molar-refractivity contribution in [1.82, 2.24) is 5.32 Å². The van der Waals surface area contributed by atoms with Crippen LogP contribution in [0.1, 0.15) is 18.9 Å². The van der Waals surface area contributed by atoms with Crippen LogP contribution in [-0.4, -0.2) is 34.0 Å². The van der Waals surface area contributed by atoms with Gasteiger partial charge in [0.05, 0.1) is 18.2 Å². The second-order valence-corrected chi connectivity index (χ2v) is 4.92. The molecule has 0 spiro atoms. The van der Waals surface area contributed by atoms with Crippen LogP contribution in [0.4, 0.5) is 0 Å². The maximum atomic E-state index is 5.56. The Morgan fingerprint density at radius 2 is 2.05 bits per heavy atom. The molecule has 0 aliphatic rings. The lowest BCUT2D eigenvalue weighted by Crippen LogP contribution is -2.16. The first-order chi connectivity index (χ1) is 9.22. The third-order valence-corrected chi connectivity index (χ3v) is 3.20. The fraction of sp³-hybridized carbons (Fsp3) is 0.571. The van der Waals surface area contributed by atoms with Crippen LogP contribution in [0.2, 0.25) is 0 Å². The molecule has 0 bridgehead atoms. The molecule has 19 heavy (non-hydrogen) atoms. The summed E-state index contributed by atoms with van der Waals surface area (Å²) in [6.07, 6.45) is 1.01. The summed E-state index contributed by atoms with van der Waals surface area (Å²) in [6, 6.07) is 4.05. The van der Waals surface area contributed by atoms with Gasteiger partial charge in [0.15, 0.2) is 11.5 Å². The Morgan fingerprint density at radius 1 is 1.26 bits per heavy atom. The Hall–Kier alpha value is -0.780. The molecule has 0 radical (unpaired) electrons. The normalized spacial score (nSPS) is 10.5. The van der Waals surface area contributed by atoms with Crippen molar-refractivity contribution >= 4 is 15.9 Å². The van der Waals surface area contributed by atoms with Crippen molar-refractivity contribution in [1.29, 1.82) is 0 Å². The van der Waals surface area contributed by atoms with Gasteiger partial charge in [-0.15, -0.1) is 0 Å². The molecule has 0 aliphatic heterocycles. The number of nitrogens with one attached hydrogen (secondary N) is 1. The van der Waals surface area contributed by atoms with Crippen molar-refractivity contribution < 1.29 is 14.2 Å². The molecule has 1 aromatic rings. The minimum Gasteiger partial charge on any atom is -0.493 e. The fourth-order valence-electron chi connectivity index (χ4n) is 1.73. The topological polar surface area (TPSA) is 39.7 Å². The summed E-state index contributed by atoms with van der Waals surface area (Å²) >= 11 is 3.52. The minimum absolute atomic E-state index is 0.615. The van der Waals surface area contributed by atoms with Crippen molar-refractivity contribution in [2.75, 3.05) is 34.0 Å². The average molecular weight is 332 g/mol. The number of hydrogen-bond acceptors (Lipinski definition) is 4. The van der Waals surface area contributed by atoms with Gasteiger partial charge in [-0.05, 0) is 53.5 Å². The summed E-state index contributed by atoms with van der Waals surface area (Å²) < 4.78 is 16.9. The largest absolute Gasteiger partial charge is 0.493 e. The highest BCUT2D eigenvalue weighted by Gasteiger charge is 2.10. The zero-order chi connectivity index (χ0) is 14.1. The molecule has 108 valence electrons. The molecule has 0 aliphatic carbocycles. The van der Waals surface area contributed by atoms with E-state index in [0.717, 1.165) is 47.7 Å². The number of benzene rings is 1. The van der Waals surface area contributed by atoms with Crippen LogP contribution < -0.4 is 14.8 Å². The molecule has 1 N–H and O–H groups in total. The van der Waals surface area contributed by atoms with Gasteiger partial charge in [-0.3, -0.25) is 0 Å². The van der Waals surface area contributed by atoms with Gasteiger partial charge in [0.2, 0.25) is 0 Å². The lowest BCUT2D eigenvalue weighted by atomic mass is 10.2. The molecule has 1 rings (SSSR count). The molecular formula is C14H22BrNO3. The van der Waals surface area contributed by atoms with E-state index in [0.29, 0.717) is 6.61 Å². The first kappa shape index (κ1) is 16.3. The molecule has 0 fully saturated rings. The van der Waals surface area contributed by atoms with Crippen LogP contribution in [0.3, 0.4) is 0 Å². The van der Waals surface area contributed by atoms with Gasteiger partial charge < -0.3 is 19.5 Å². The molecular weight excluding hydrogens is 310 g/mol. The number of rotatable bonds is 9. The van der Waals surface area contributed by atoms with Crippen LogP contribution in [0.5, 0.6) is 11.5 Å². The first-order valence-corrected chi connectivity index (χ1v) is 7.21. The Kier molecular flexibility index (Phi) is 7.86. The summed E-state index contributed by atoms with van der Waals surface area (Å²) in [5.41, 5.74) is 1.16. The average Bonchev–Trinajstić information content (AvgIpc) is 2.41. The SMILES string of the molecule is CCOc1c(Br)cc(CNCCCOC)cc1OC. The van der Waals surface area contributed by atoms with Crippen LogP contribution in [-0.2, 0) is 11.3 Å². The lowest BCUT2D eigenvalue weighted by molar-refractivity contribution is 0.194. The minimum atomic E-state index is 0.615. The van der Waals surface area contributed by atoms with Gasteiger partial charge in [-0.1, -0.05) is 0 Å². The third-order valence-electron chi connectivity index (χ3n) is 2.61. The van der Waals surface area contributed by atoms with E-state index in [-0.39, 0.29) is 0 Å². The summed E-state index contributed by atoms with van der Waals surface area (Å²) in [4.78, 5) is 0. The Bertz CT molecular complexity index is 385. The summed E-state index contributed by atoms with van der Waals surface area (Å²) in [5, 5.41) is 3.37. The fourth-order valence-corrected chi connectivity index (χ4v) is 2.34. The molecule has 4 nitrogen and oxygen atoms in total. The zero-order valence-electron chi connectivity index (χ0n) is 11.8. The molecule has 0 saturated carbocycles. The van der Waals surface area contributed by atoms with Gasteiger partial charge in [0, 0.05) is 20.3 Å². The second-order valence-electron chi connectivity index (χ2n) is 4.07. The van der Waals surface area contributed by atoms with E-state index < -0.39 is 0 Å². The van der Waals surface area contributed by atoms with Crippen molar-refractivity contribution in [2.24, 2.45) is 0 Å². The van der Waals surface area contributed by atoms with Gasteiger partial charge in [0.25, 0.3) is 0 Å². The first-order valence-electron chi connectivity index (χ1n) is 6.41. The van der Waals surface area contributed by atoms with Crippen LogP contribution >= 0.6 is 15.9 Å². The smallest absolute Gasteiger partial charge is 0.175 e. The van der Waals surface area contributed by atoms with Crippen molar-refractivity contribution in [3.05, 3.63) is 22.2 Å². The van der Waals surface area contributed by atoms with Crippen molar-refractivity contribution in [3.63, 3.8) is 0 Å². The number of hydrogen-bond donors (Lipinski definition) is 1. The second kappa shape index (κ2) is 9.18. The molecule has 1 aromatic carbocycles. The zero-order valence-corrected chi connectivity index (χ0v) is 13.4. The number of halogens is 1. The monoisotopic (exact) mass is 331 g/mol. The van der Waals surface area contributed by atoms with E-state index in [9.17, 15) is 0 Å². The maximum Gasteiger partial charge on any atom is 0.175 e. The predicted molar refractivity (Wildman–Crippen MR) is 80.1 cm³/mol. The summed E-state index contributed by atoms with van der Waals surface area (Å²) in [5.74, 6) is 1.51. The van der Waals surface area contributed by atoms with E-state index in [2.05, 4.69) is 27.3 Å². The molecule has 0 saturated heterocycles. The van der Waals surface area contributed by atoms with Crippen molar-refractivity contribution in [2.45, 2.75) is 19.9 Å². The van der Waals surface area contributed by atoms with E-state index in [1.54, 1.807) is 14.2 Å². The highest BCUT2D eigenvalue weighted by molar-refractivity contribution is 9.10. The summed E-state index contributed by atoms with van der Waals surface area (Å²) in [7, 11) is 3.37. The van der Waals surface area contributed by atoms with E-state index in [4.69, 9.17) is 14.2 Å². The quantitative estimate of drug-likeness (QED) is 0.706. The Balaban J connectivity index is 2.62. The molecule has 0 aromatic heterocycles. The van der Waals surface area contributed by atoms with Crippen LogP contribution in [0.15, 0.2) is 16.6 Å². The molecule has 0 atom stereocenters. The number of ether oxygens (including phenoxy) is 3. The molecule has 0 unspecified atom stereocenters. The lowest BCUT2D eigenvalue weighted by Gasteiger charge is -2.13. The van der Waals surface area contributed by atoms with E-state index >= 15 is 0 Å². The Labute approximate surface area is 123 Å². The van der Waals surface area contributed by atoms with Crippen LogP contribution in [0.25, 0.3) is 0 Å². The highest BCUT2D eigenvalue weighted by atomic mass is 79.9. The molecule has 0 heterocycles. The number of methoxy groups -OCH3 is 2. The summed E-state index contributed by atoms with van der Waals surface area (Å²) in [6.45, 7) is 5.08. The van der Waals surface area contributed by atoms with Crippen molar-refractivity contribution in [3.8, 4) is 11.5 Å². The van der Waals surface area contributed by atoms with Gasteiger partial charge in [-0.2, -0.15) is 0 Å².